The van der Waals surface area contributed by atoms with E-state index in [1.165, 1.54) is 0 Å². The van der Waals surface area contributed by atoms with Gasteiger partial charge in [-0.25, -0.2) is 4.98 Å². The van der Waals surface area contributed by atoms with Crippen LogP contribution in [0.3, 0.4) is 0 Å². The van der Waals surface area contributed by atoms with Crippen molar-refractivity contribution < 1.29 is 4.74 Å². The molecule has 0 unspecified atom stereocenters. The van der Waals surface area contributed by atoms with E-state index < -0.39 is 0 Å². The molecule has 1 aromatic heterocycles. The van der Waals surface area contributed by atoms with Crippen LogP contribution in [0.2, 0.25) is 5.02 Å². The lowest BCUT2D eigenvalue weighted by Gasteiger charge is -2.17. The predicted octanol–water partition coefficient (Wildman–Crippen LogP) is 1.88. The van der Waals surface area contributed by atoms with E-state index in [2.05, 4.69) is 10.3 Å². The van der Waals surface area contributed by atoms with E-state index >= 15 is 0 Å². The third-order valence-electron chi connectivity index (χ3n) is 3.22. The molecule has 6 heteroatoms. The molecule has 0 aliphatic heterocycles. The number of nitrogens with zero attached hydrogens (tertiary/aromatic N) is 2. The Hall–Kier alpha value is -1.43. The van der Waals surface area contributed by atoms with Crippen LogP contribution >= 0.6 is 11.6 Å². The Kier molecular flexibility index (Phi) is 4.75. The van der Waals surface area contributed by atoms with Crippen LogP contribution in [0, 0.1) is 0 Å². The molecule has 0 fully saturated rings. The number of aromatic nitrogens is 2. The normalized spacial score (nSPS) is 12.8. The zero-order valence-electron chi connectivity index (χ0n) is 11.8. The van der Waals surface area contributed by atoms with Crippen LogP contribution < -0.4 is 10.9 Å². The molecule has 1 atom stereocenters. The molecule has 1 N–H and O–H groups in total. The molecule has 0 radical (unpaired) electrons. The van der Waals surface area contributed by atoms with Gasteiger partial charge in [0.25, 0.3) is 5.56 Å². The number of halogens is 1. The lowest BCUT2D eigenvalue weighted by atomic mass is 10.2. The van der Waals surface area contributed by atoms with Gasteiger partial charge in [0.1, 0.15) is 5.82 Å². The molecule has 0 aliphatic rings. The van der Waals surface area contributed by atoms with Crippen LogP contribution in [0.15, 0.2) is 23.0 Å². The molecule has 108 valence electrons. The first kappa shape index (κ1) is 15.0. The molecule has 0 saturated carbocycles. The molecule has 2 aromatic rings. The average Bonchev–Trinajstić information content (AvgIpc) is 2.42. The van der Waals surface area contributed by atoms with Gasteiger partial charge < -0.3 is 10.1 Å². The van der Waals surface area contributed by atoms with Gasteiger partial charge in [0.2, 0.25) is 0 Å². The summed E-state index contributed by atoms with van der Waals surface area (Å²) >= 11 is 5.96. The summed E-state index contributed by atoms with van der Waals surface area (Å²) in [5.41, 5.74) is 0.554. The van der Waals surface area contributed by atoms with Crippen molar-refractivity contribution in [3.8, 4) is 0 Å². The van der Waals surface area contributed by atoms with Crippen molar-refractivity contribution in [3.05, 3.63) is 39.4 Å². The molecule has 1 aromatic carbocycles. The summed E-state index contributed by atoms with van der Waals surface area (Å²) in [6.07, 6.45) is 0. The SMILES string of the molecule is COCCN[C@@H](C)c1nc2cc(Cl)ccc2c(=O)n1C. The van der Waals surface area contributed by atoms with Crippen molar-refractivity contribution in [2.45, 2.75) is 13.0 Å². The number of hydrogen-bond donors (Lipinski definition) is 1. The number of ether oxygens (including phenoxy) is 1. The second-order valence-electron chi connectivity index (χ2n) is 4.66. The molecule has 20 heavy (non-hydrogen) atoms. The summed E-state index contributed by atoms with van der Waals surface area (Å²) in [4.78, 5) is 16.9. The molecule has 0 bridgehead atoms. The Bertz CT molecular complexity index is 669. The summed E-state index contributed by atoms with van der Waals surface area (Å²) in [5, 5.41) is 4.41. The van der Waals surface area contributed by atoms with Gasteiger partial charge in [0.15, 0.2) is 0 Å². The fourth-order valence-corrected chi connectivity index (χ4v) is 2.28. The van der Waals surface area contributed by atoms with E-state index in [4.69, 9.17) is 16.3 Å². The summed E-state index contributed by atoms with van der Waals surface area (Å²) in [6.45, 7) is 3.27. The van der Waals surface area contributed by atoms with Crippen molar-refractivity contribution >= 4 is 22.5 Å². The quantitative estimate of drug-likeness (QED) is 0.856. The molecule has 0 saturated heterocycles. The Labute approximate surface area is 122 Å². The van der Waals surface area contributed by atoms with Crippen molar-refractivity contribution in [3.63, 3.8) is 0 Å². The highest BCUT2D eigenvalue weighted by molar-refractivity contribution is 6.31. The Morgan fingerprint density at radius 2 is 2.25 bits per heavy atom. The van der Waals surface area contributed by atoms with E-state index in [0.717, 1.165) is 0 Å². The van der Waals surface area contributed by atoms with Crippen molar-refractivity contribution in [2.24, 2.45) is 7.05 Å². The predicted molar refractivity (Wildman–Crippen MR) is 80.3 cm³/mol. The lowest BCUT2D eigenvalue weighted by molar-refractivity contribution is 0.196. The molecule has 0 amide bonds. The average molecular weight is 296 g/mol. The topological polar surface area (TPSA) is 56.1 Å². The maximum Gasteiger partial charge on any atom is 0.261 e. The van der Waals surface area contributed by atoms with Gasteiger partial charge in [-0.2, -0.15) is 0 Å². The van der Waals surface area contributed by atoms with Gasteiger partial charge in [-0.3, -0.25) is 9.36 Å². The third kappa shape index (κ3) is 3.00. The summed E-state index contributed by atoms with van der Waals surface area (Å²) in [7, 11) is 3.38. The molecule has 2 rings (SSSR count). The Balaban J connectivity index is 2.43. The first-order chi connectivity index (χ1) is 9.54. The highest BCUT2D eigenvalue weighted by Gasteiger charge is 2.14. The first-order valence-corrected chi connectivity index (χ1v) is 6.81. The minimum atomic E-state index is -0.0675. The summed E-state index contributed by atoms with van der Waals surface area (Å²) in [5.74, 6) is 0.681. The number of nitrogens with one attached hydrogen (secondary N) is 1. The van der Waals surface area contributed by atoms with Gasteiger partial charge in [-0.05, 0) is 25.1 Å². The second kappa shape index (κ2) is 6.35. The number of hydrogen-bond acceptors (Lipinski definition) is 4. The van der Waals surface area contributed by atoms with Crippen molar-refractivity contribution in [1.29, 1.82) is 0 Å². The number of fused-ring (bicyclic) bond motifs is 1. The third-order valence-corrected chi connectivity index (χ3v) is 3.45. The van der Waals surface area contributed by atoms with Crippen LogP contribution in [0.25, 0.3) is 10.9 Å². The van der Waals surface area contributed by atoms with Crippen LogP contribution in [-0.2, 0) is 11.8 Å². The number of rotatable bonds is 5. The zero-order chi connectivity index (χ0) is 14.7. The van der Waals surface area contributed by atoms with Crippen LogP contribution in [-0.4, -0.2) is 29.8 Å². The zero-order valence-corrected chi connectivity index (χ0v) is 12.6. The van der Waals surface area contributed by atoms with Gasteiger partial charge in [-0.1, -0.05) is 11.6 Å². The van der Waals surface area contributed by atoms with Gasteiger partial charge >= 0.3 is 0 Å². The largest absolute Gasteiger partial charge is 0.383 e. The summed E-state index contributed by atoms with van der Waals surface area (Å²) < 4.78 is 6.57. The fraction of sp³-hybridized carbons (Fsp3) is 0.429. The van der Waals surface area contributed by atoms with Crippen molar-refractivity contribution in [2.75, 3.05) is 20.3 Å². The molecule has 1 heterocycles. The van der Waals surface area contributed by atoms with E-state index in [9.17, 15) is 4.79 Å². The fourth-order valence-electron chi connectivity index (χ4n) is 2.12. The van der Waals surface area contributed by atoms with E-state index in [1.807, 2.05) is 6.92 Å². The minimum Gasteiger partial charge on any atom is -0.383 e. The monoisotopic (exact) mass is 295 g/mol. The van der Waals surface area contributed by atoms with Crippen LogP contribution in [0.5, 0.6) is 0 Å². The van der Waals surface area contributed by atoms with Crippen LogP contribution in [0.1, 0.15) is 18.8 Å². The van der Waals surface area contributed by atoms with E-state index in [1.54, 1.807) is 36.9 Å². The molecular weight excluding hydrogens is 278 g/mol. The molecular formula is C14H18ClN3O2. The molecule has 5 nitrogen and oxygen atoms in total. The summed E-state index contributed by atoms with van der Waals surface area (Å²) in [6, 6.07) is 5.07. The molecule has 0 aliphatic carbocycles. The standard InChI is InChI=1S/C14H18ClN3O2/c1-9(16-6-7-20-3)13-17-12-8-10(15)4-5-11(12)14(19)18(13)2/h4-5,8-9,16H,6-7H2,1-3H3/t9-/m0/s1. The second-order valence-corrected chi connectivity index (χ2v) is 5.10. The lowest BCUT2D eigenvalue weighted by Crippen LogP contribution is -2.30. The maximum absolute atomic E-state index is 12.3. The smallest absolute Gasteiger partial charge is 0.261 e. The Morgan fingerprint density at radius 1 is 1.50 bits per heavy atom. The highest BCUT2D eigenvalue weighted by atomic mass is 35.5. The van der Waals surface area contributed by atoms with Gasteiger partial charge in [0, 0.05) is 25.7 Å². The maximum atomic E-state index is 12.3. The van der Waals surface area contributed by atoms with Gasteiger partial charge in [0.05, 0.1) is 23.6 Å². The van der Waals surface area contributed by atoms with Crippen molar-refractivity contribution in [1.82, 2.24) is 14.9 Å². The van der Waals surface area contributed by atoms with E-state index in [-0.39, 0.29) is 11.6 Å². The van der Waals surface area contributed by atoms with E-state index in [0.29, 0.717) is 34.9 Å². The first-order valence-electron chi connectivity index (χ1n) is 6.43. The molecule has 0 spiro atoms. The number of benzene rings is 1. The Morgan fingerprint density at radius 3 is 2.95 bits per heavy atom. The van der Waals surface area contributed by atoms with Gasteiger partial charge in [-0.15, -0.1) is 0 Å². The minimum absolute atomic E-state index is 0.0498. The van der Waals surface area contributed by atoms with Crippen LogP contribution in [0.4, 0.5) is 0 Å². The highest BCUT2D eigenvalue weighted by Crippen LogP contribution is 2.17. The number of methoxy groups -OCH3 is 1.